The number of hydrogen-bond donors (Lipinski definition) is 0. The third-order valence-electron chi connectivity index (χ3n) is 4.79. The maximum Gasteiger partial charge on any atom is 0.339 e. The van der Waals surface area contributed by atoms with Crippen molar-refractivity contribution in [2.24, 2.45) is 0 Å². The molecule has 5 nitrogen and oxygen atoms in total. The first-order chi connectivity index (χ1) is 12.8. The Labute approximate surface area is 157 Å². The minimum absolute atomic E-state index is 0.419. The minimum Gasteiger partial charge on any atom is -0.452 e. The highest BCUT2D eigenvalue weighted by Crippen LogP contribution is 2.29. The number of amides is 1. The summed E-state index contributed by atoms with van der Waals surface area (Å²) in [4.78, 5) is 26.4. The smallest absolute Gasteiger partial charge is 0.339 e. The van der Waals surface area contributed by atoms with Crippen LogP contribution in [0.5, 0.6) is 0 Å². The minimum atomic E-state index is -0.977. The number of benzene rings is 3. The lowest BCUT2D eigenvalue weighted by Crippen LogP contribution is -2.45. The van der Waals surface area contributed by atoms with Crippen LogP contribution in [0.1, 0.15) is 24.2 Å². The van der Waals surface area contributed by atoms with Crippen molar-refractivity contribution in [3.8, 4) is 6.07 Å². The van der Waals surface area contributed by atoms with E-state index >= 15 is 0 Å². The zero-order chi connectivity index (χ0) is 19.6. The van der Waals surface area contributed by atoms with Crippen LogP contribution in [0.3, 0.4) is 0 Å². The summed E-state index contributed by atoms with van der Waals surface area (Å²) in [5.74, 6) is -0.987. The monoisotopic (exact) mass is 360 g/mol. The highest BCUT2D eigenvalue weighted by atomic mass is 16.5. The Morgan fingerprint density at radius 2 is 1.56 bits per heavy atom. The van der Waals surface area contributed by atoms with Crippen LogP contribution in [0.4, 0.5) is 0 Å². The molecule has 0 saturated carbocycles. The van der Waals surface area contributed by atoms with Gasteiger partial charge in [-0.2, -0.15) is 5.26 Å². The lowest BCUT2D eigenvalue weighted by Gasteiger charge is -2.28. The van der Waals surface area contributed by atoms with Gasteiger partial charge in [0.1, 0.15) is 5.54 Å². The van der Waals surface area contributed by atoms with E-state index in [-0.39, 0.29) is 0 Å². The Hall–Kier alpha value is -3.39. The summed E-state index contributed by atoms with van der Waals surface area (Å²) in [6.07, 6.45) is 0. The van der Waals surface area contributed by atoms with Gasteiger partial charge in [0.05, 0.1) is 11.6 Å². The van der Waals surface area contributed by atoms with E-state index in [1.54, 1.807) is 13.8 Å². The topological polar surface area (TPSA) is 70.4 Å². The van der Waals surface area contributed by atoms with Crippen LogP contribution in [0, 0.1) is 11.3 Å². The standard InChI is InChI=1S/C22H20N2O3/c1-22(2,14-23)24(3)19(25)13-27-21(26)20-17-10-6-4-8-15(17)12-16-9-5-7-11-18(16)20/h4-12H,13H2,1-3H3. The van der Waals surface area contributed by atoms with Crippen molar-refractivity contribution in [1.82, 2.24) is 4.90 Å². The summed E-state index contributed by atoms with van der Waals surface area (Å²) in [6, 6.07) is 19.2. The maximum atomic E-state index is 12.9. The molecule has 0 radical (unpaired) electrons. The molecular formula is C22H20N2O3. The van der Waals surface area contributed by atoms with Crippen molar-refractivity contribution in [1.29, 1.82) is 5.26 Å². The first kappa shape index (κ1) is 18.4. The maximum absolute atomic E-state index is 12.9. The predicted molar refractivity (Wildman–Crippen MR) is 104 cm³/mol. The molecule has 0 aliphatic rings. The fraction of sp³-hybridized carbons (Fsp3) is 0.227. The highest BCUT2D eigenvalue weighted by molar-refractivity contribution is 6.16. The van der Waals surface area contributed by atoms with Crippen LogP contribution in [-0.4, -0.2) is 36.0 Å². The first-order valence-corrected chi connectivity index (χ1v) is 8.60. The SMILES string of the molecule is CN(C(=O)COC(=O)c1c2ccccc2cc2ccccc12)C(C)(C)C#N. The van der Waals surface area contributed by atoms with Gasteiger partial charge in [-0.05, 0) is 41.5 Å². The summed E-state index contributed by atoms with van der Waals surface area (Å²) < 4.78 is 5.33. The third-order valence-corrected chi connectivity index (χ3v) is 4.79. The van der Waals surface area contributed by atoms with E-state index < -0.39 is 24.0 Å². The Morgan fingerprint density at radius 3 is 2.07 bits per heavy atom. The van der Waals surface area contributed by atoms with Crippen LogP contribution in [0.2, 0.25) is 0 Å². The van der Waals surface area contributed by atoms with E-state index in [2.05, 4.69) is 6.07 Å². The molecule has 0 spiro atoms. The lowest BCUT2D eigenvalue weighted by molar-refractivity contribution is -0.136. The Balaban J connectivity index is 1.94. The summed E-state index contributed by atoms with van der Waals surface area (Å²) in [5.41, 5.74) is -0.533. The van der Waals surface area contributed by atoms with Crippen LogP contribution in [-0.2, 0) is 9.53 Å². The van der Waals surface area contributed by atoms with Gasteiger partial charge in [0, 0.05) is 7.05 Å². The molecule has 5 heteroatoms. The fourth-order valence-electron chi connectivity index (χ4n) is 2.92. The van der Waals surface area contributed by atoms with Crippen molar-refractivity contribution < 1.29 is 14.3 Å². The zero-order valence-corrected chi connectivity index (χ0v) is 15.5. The molecular weight excluding hydrogens is 340 g/mol. The summed E-state index contributed by atoms with van der Waals surface area (Å²) in [6.45, 7) is 2.84. The number of esters is 1. The molecule has 27 heavy (non-hydrogen) atoms. The molecule has 0 atom stereocenters. The third kappa shape index (κ3) is 3.47. The van der Waals surface area contributed by atoms with E-state index in [1.807, 2.05) is 54.6 Å². The van der Waals surface area contributed by atoms with Gasteiger partial charge < -0.3 is 9.64 Å². The summed E-state index contributed by atoms with van der Waals surface area (Å²) in [7, 11) is 1.52. The van der Waals surface area contributed by atoms with Crippen LogP contribution in [0.25, 0.3) is 21.5 Å². The second kappa shape index (κ2) is 7.08. The van der Waals surface area contributed by atoms with Crippen molar-refractivity contribution in [2.45, 2.75) is 19.4 Å². The first-order valence-electron chi connectivity index (χ1n) is 8.60. The van der Waals surface area contributed by atoms with Crippen molar-refractivity contribution in [3.63, 3.8) is 0 Å². The van der Waals surface area contributed by atoms with E-state index in [0.29, 0.717) is 5.56 Å². The molecule has 0 saturated heterocycles. The number of ether oxygens (including phenoxy) is 1. The Morgan fingerprint density at radius 1 is 1.04 bits per heavy atom. The number of rotatable bonds is 4. The molecule has 0 bridgehead atoms. The van der Waals surface area contributed by atoms with E-state index in [1.165, 1.54) is 11.9 Å². The zero-order valence-electron chi connectivity index (χ0n) is 15.5. The quantitative estimate of drug-likeness (QED) is 0.522. The molecule has 136 valence electrons. The predicted octanol–water partition coefficient (Wildman–Crippen LogP) is 3.91. The number of nitrogens with zero attached hydrogens (tertiary/aromatic N) is 2. The van der Waals surface area contributed by atoms with Gasteiger partial charge in [-0.1, -0.05) is 48.5 Å². The van der Waals surface area contributed by atoms with Gasteiger partial charge in [0.15, 0.2) is 6.61 Å². The second-order valence-electron chi connectivity index (χ2n) is 6.89. The van der Waals surface area contributed by atoms with Gasteiger partial charge >= 0.3 is 5.97 Å². The normalized spacial score (nSPS) is 11.2. The van der Waals surface area contributed by atoms with E-state index in [0.717, 1.165) is 21.5 Å². The van der Waals surface area contributed by atoms with Gasteiger partial charge in [-0.25, -0.2) is 4.79 Å². The molecule has 0 unspecified atom stereocenters. The highest BCUT2D eigenvalue weighted by Gasteiger charge is 2.28. The number of hydrogen-bond acceptors (Lipinski definition) is 4. The van der Waals surface area contributed by atoms with Crippen LogP contribution < -0.4 is 0 Å². The molecule has 0 aromatic heterocycles. The van der Waals surface area contributed by atoms with Gasteiger partial charge in [0.2, 0.25) is 0 Å². The van der Waals surface area contributed by atoms with Crippen molar-refractivity contribution in [2.75, 3.05) is 13.7 Å². The van der Waals surface area contributed by atoms with Crippen LogP contribution >= 0.6 is 0 Å². The molecule has 3 aromatic carbocycles. The average molecular weight is 360 g/mol. The molecule has 1 amide bonds. The number of carbonyl (C=O) groups excluding carboxylic acids is 2. The van der Waals surface area contributed by atoms with E-state index in [9.17, 15) is 9.59 Å². The summed E-state index contributed by atoms with van der Waals surface area (Å²) >= 11 is 0. The van der Waals surface area contributed by atoms with Gasteiger partial charge in [0.25, 0.3) is 5.91 Å². The van der Waals surface area contributed by atoms with Crippen LogP contribution in [0.15, 0.2) is 54.6 Å². The number of nitriles is 1. The lowest BCUT2D eigenvalue weighted by atomic mass is 9.97. The molecule has 3 aromatic rings. The molecule has 3 rings (SSSR count). The molecule has 0 heterocycles. The number of fused-ring (bicyclic) bond motifs is 2. The van der Waals surface area contributed by atoms with Gasteiger partial charge in [-0.3, -0.25) is 4.79 Å². The van der Waals surface area contributed by atoms with Crippen molar-refractivity contribution >= 4 is 33.4 Å². The largest absolute Gasteiger partial charge is 0.452 e. The number of carbonyl (C=O) groups is 2. The van der Waals surface area contributed by atoms with Gasteiger partial charge in [-0.15, -0.1) is 0 Å². The summed E-state index contributed by atoms with van der Waals surface area (Å²) in [5, 5.41) is 12.6. The molecule has 0 aliphatic heterocycles. The Bertz CT molecular complexity index is 1030. The molecule has 0 fully saturated rings. The Kier molecular flexibility index (Phi) is 4.83. The van der Waals surface area contributed by atoms with E-state index in [4.69, 9.17) is 10.00 Å². The van der Waals surface area contributed by atoms with Crippen molar-refractivity contribution in [3.05, 3.63) is 60.2 Å². The fourth-order valence-corrected chi connectivity index (χ4v) is 2.92. The number of likely N-dealkylation sites (N-methyl/N-ethyl adjacent to an activating group) is 1. The average Bonchev–Trinajstić information content (AvgIpc) is 2.69. The second-order valence-corrected chi connectivity index (χ2v) is 6.89. The molecule has 0 N–H and O–H groups in total. The molecule has 0 aliphatic carbocycles.